The Kier molecular flexibility index (Phi) is 8.34. The van der Waals surface area contributed by atoms with Gasteiger partial charge in [-0.1, -0.05) is 23.8 Å². The van der Waals surface area contributed by atoms with Crippen LogP contribution >= 0.6 is 0 Å². The molecule has 27 heavy (non-hydrogen) atoms. The Hall–Kier alpha value is -2.33. The van der Waals surface area contributed by atoms with Crippen molar-refractivity contribution in [2.45, 2.75) is 6.92 Å². The first-order chi connectivity index (χ1) is 13.1. The summed E-state index contributed by atoms with van der Waals surface area (Å²) in [6.45, 7) is 2.91. The lowest BCUT2D eigenvalue weighted by Gasteiger charge is -2.25. The molecule has 1 aromatic carbocycles. The van der Waals surface area contributed by atoms with Gasteiger partial charge in [0.05, 0.1) is 13.2 Å². The summed E-state index contributed by atoms with van der Waals surface area (Å²) < 4.78 is 10.4. The van der Waals surface area contributed by atoms with Gasteiger partial charge in [-0.2, -0.15) is 15.0 Å². The van der Waals surface area contributed by atoms with Crippen molar-refractivity contribution < 1.29 is 19.7 Å². The predicted octanol–water partition coefficient (Wildman–Crippen LogP) is 0.652. The molecule has 0 atom stereocenters. The van der Waals surface area contributed by atoms with Gasteiger partial charge in [0.15, 0.2) is 5.82 Å². The van der Waals surface area contributed by atoms with Gasteiger partial charge in [0, 0.05) is 32.9 Å². The van der Waals surface area contributed by atoms with Gasteiger partial charge in [-0.25, -0.2) is 0 Å². The third-order valence-corrected chi connectivity index (χ3v) is 3.76. The number of hydrogen-bond donors (Lipinski definition) is 2. The molecule has 0 unspecified atom stereocenters. The molecule has 0 aliphatic rings. The minimum atomic E-state index is -0.0827. The second kappa shape index (κ2) is 10.7. The van der Waals surface area contributed by atoms with Crippen LogP contribution in [-0.4, -0.2) is 79.1 Å². The minimum Gasteiger partial charge on any atom is -0.395 e. The third kappa shape index (κ3) is 5.83. The zero-order chi connectivity index (χ0) is 19.6. The number of nitrogens with zero attached hydrogens (tertiary/aromatic N) is 5. The number of aryl methyl sites for hydroxylation is 1. The van der Waals surface area contributed by atoms with E-state index in [4.69, 9.17) is 9.47 Å². The molecule has 2 N–H and O–H groups in total. The highest BCUT2D eigenvalue weighted by molar-refractivity contribution is 5.59. The second-order valence-corrected chi connectivity index (χ2v) is 5.94. The zero-order valence-corrected chi connectivity index (χ0v) is 16.0. The third-order valence-electron chi connectivity index (χ3n) is 3.76. The van der Waals surface area contributed by atoms with E-state index in [-0.39, 0.29) is 26.7 Å². The normalized spacial score (nSPS) is 10.9. The molecule has 0 amide bonds. The molecule has 0 fully saturated rings. The standard InChI is InChI=1S/C18H27N5O4/c1-14-5-4-6-15(11-14)16-19-17(22(7-9-24)8-10-25)21-18(20-16)23(12-26-2)13-27-3/h4-6,11,24-25H,7-10,12-13H2,1-3H3. The van der Waals surface area contributed by atoms with E-state index in [1.165, 1.54) is 0 Å². The van der Waals surface area contributed by atoms with Gasteiger partial charge in [-0.05, 0) is 13.0 Å². The maximum atomic E-state index is 9.35. The number of ether oxygens (including phenoxy) is 2. The monoisotopic (exact) mass is 377 g/mol. The smallest absolute Gasteiger partial charge is 0.234 e. The van der Waals surface area contributed by atoms with Gasteiger partial charge in [0.1, 0.15) is 13.5 Å². The minimum absolute atomic E-state index is 0.0827. The first kappa shape index (κ1) is 21.0. The topological polar surface area (TPSA) is 104 Å². The lowest BCUT2D eigenvalue weighted by Crippen LogP contribution is -2.34. The molecule has 0 saturated heterocycles. The van der Waals surface area contributed by atoms with Gasteiger partial charge >= 0.3 is 0 Å². The van der Waals surface area contributed by atoms with E-state index in [1.54, 1.807) is 24.0 Å². The Morgan fingerprint density at radius 1 is 0.889 bits per heavy atom. The van der Waals surface area contributed by atoms with Crippen molar-refractivity contribution in [2.24, 2.45) is 0 Å². The SMILES string of the molecule is COCN(COC)c1nc(-c2cccc(C)c2)nc(N(CCO)CCO)n1. The number of benzene rings is 1. The maximum absolute atomic E-state index is 9.35. The molecule has 2 aromatic rings. The number of hydrogen-bond acceptors (Lipinski definition) is 9. The zero-order valence-electron chi connectivity index (χ0n) is 16.0. The number of rotatable bonds is 11. The largest absolute Gasteiger partial charge is 0.395 e. The van der Waals surface area contributed by atoms with Crippen LogP contribution in [0.15, 0.2) is 24.3 Å². The van der Waals surface area contributed by atoms with E-state index in [0.29, 0.717) is 30.8 Å². The molecule has 0 spiro atoms. The fraction of sp³-hybridized carbons (Fsp3) is 0.500. The van der Waals surface area contributed by atoms with Crippen molar-refractivity contribution >= 4 is 11.9 Å². The highest BCUT2D eigenvalue weighted by Crippen LogP contribution is 2.22. The fourth-order valence-corrected chi connectivity index (χ4v) is 2.57. The predicted molar refractivity (Wildman–Crippen MR) is 103 cm³/mol. The highest BCUT2D eigenvalue weighted by Gasteiger charge is 2.18. The van der Waals surface area contributed by atoms with Crippen LogP contribution in [0, 0.1) is 6.92 Å². The van der Waals surface area contributed by atoms with E-state index in [2.05, 4.69) is 15.0 Å². The van der Waals surface area contributed by atoms with Crippen molar-refractivity contribution in [1.29, 1.82) is 0 Å². The molecule has 9 nitrogen and oxygen atoms in total. The molecule has 0 radical (unpaired) electrons. The molecular formula is C18H27N5O4. The van der Waals surface area contributed by atoms with E-state index in [1.807, 2.05) is 31.2 Å². The number of aromatic nitrogens is 3. The van der Waals surface area contributed by atoms with Crippen LogP contribution in [0.5, 0.6) is 0 Å². The molecule has 0 aliphatic carbocycles. The van der Waals surface area contributed by atoms with Crippen molar-refractivity contribution in [2.75, 3.05) is 63.8 Å². The molecule has 1 aromatic heterocycles. The average Bonchev–Trinajstić information content (AvgIpc) is 2.67. The second-order valence-electron chi connectivity index (χ2n) is 5.94. The van der Waals surface area contributed by atoms with Gasteiger partial charge < -0.3 is 24.6 Å². The van der Waals surface area contributed by atoms with Gasteiger partial charge in [0.2, 0.25) is 11.9 Å². The molecule has 9 heteroatoms. The van der Waals surface area contributed by atoms with Gasteiger partial charge in [-0.3, -0.25) is 4.90 Å². The van der Waals surface area contributed by atoms with E-state index in [0.717, 1.165) is 11.1 Å². The quantitative estimate of drug-likeness (QED) is 0.546. The van der Waals surface area contributed by atoms with Crippen LogP contribution in [0.1, 0.15) is 5.56 Å². The molecule has 2 rings (SSSR count). The summed E-state index contributed by atoms with van der Waals surface area (Å²) in [6, 6.07) is 7.85. The first-order valence-electron chi connectivity index (χ1n) is 8.65. The number of anilines is 2. The summed E-state index contributed by atoms with van der Waals surface area (Å²) >= 11 is 0. The number of methoxy groups -OCH3 is 2. The molecule has 0 bridgehead atoms. The van der Waals surface area contributed by atoms with Gasteiger partial charge in [0.25, 0.3) is 0 Å². The number of aliphatic hydroxyl groups excluding tert-OH is 2. The first-order valence-corrected chi connectivity index (χ1v) is 8.65. The lowest BCUT2D eigenvalue weighted by atomic mass is 10.1. The van der Waals surface area contributed by atoms with Crippen LogP contribution in [0.4, 0.5) is 11.9 Å². The van der Waals surface area contributed by atoms with Crippen molar-refractivity contribution in [3.63, 3.8) is 0 Å². The summed E-state index contributed by atoms with van der Waals surface area (Å²) in [5.74, 6) is 1.26. The fourth-order valence-electron chi connectivity index (χ4n) is 2.57. The molecular weight excluding hydrogens is 350 g/mol. The van der Waals surface area contributed by atoms with Crippen LogP contribution in [0.3, 0.4) is 0 Å². The summed E-state index contributed by atoms with van der Waals surface area (Å²) in [6.07, 6.45) is 0. The Balaban J connectivity index is 2.54. The molecule has 0 saturated carbocycles. The summed E-state index contributed by atoms with van der Waals surface area (Å²) in [7, 11) is 3.16. The van der Waals surface area contributed by atoms with Crippen molar-refractivity contribution in [3.8, 4) is 11.4 Å². The molecule has 148 valence electrons. The van der Waals surface area contributed by atoms with E-state index < -0.39 is 0 Å². The van der Waals surface area contributed by atoms with Crippen LogP contribution in [-0.2, 0) is 9.47 Å². The Morgan fingerprint density at radius 2 is 1.48 bits per heavy atom. The van der Waals surface area contributed by atoms with Crippen LogP contribution in [0.25, 0.3) is 11.4 Å². The van der Waals surface area contributed by atoms with Crippen molar-refractivity contribution in [3.05, 3.63) is 29.8 Å². The lowest BCUT2D eigenvalue weighted by molar-refractivity contribution is 0.139. The highest BCUT2D eigenvalue weighted by atomic mass is 16.5. The van der Waals surface area contributed by atoms with Crippen LogP contribution in [0.2, 0.25) is 0 Å². The Labute approximate surface area is 159 Å². The Morgan fingerprint density at radius 3 is 2.00 bits per heavy atom. The van der Waals surface area contributed by atoms with Crippen molar-refractivity contribution in [1.82, 2.24) is 15.0 Å². The molecule has 1 heterocycles. The summed E-state index contributed by atoms with van der Waals surface area (Å²) in [5.41, 5.74) is 1.94. The Bertz CT molecular complexity index is 670. The maximum Gasteiger partial charge on any atom is 0.234 e. The van der Waals surface area contributed by atoms with E-state index in [9.17, 15) is 10.2 Å². The van der Waals surface area contributed by atoms with E-state index >= 15 is 0 Å². The number of aliphatic hydroxyl groups is 2. The van der Waals surface area contributed by atoms with Gasteiger partial charge in [-0.15, -0.1) is 0 Å². The summed E-state index contributed by atoms with van der Waals surface area (Å²) in [5, 5.41) is 18.7. The average molecular weight is 377 g/mol. The molecule has 0 aliphatic heterocycles. The van der Waals surface area contributed by atoms with Crippen LogP contribution < -0.4 is 9.80 Å². The summed E-state index contributed by atoms with van der Waals surface area (Å²) in [4.78, 5) is 17.1.